The van der Waals surface area contributed by atoms with Crippen molar-refractivity contribution in [3.05, 3.63) is 59.1 Å². The predicted molar refractivity (Wildman–Crippen MR) is 102 cm³/mol. The molecule has 2 aromatic rings. The molecule has 150 valence electrons. The third-order valence-electron chi connectivity index (χ3n) is 4.39. The quantitative estimate of drug-likeness (QED) is 0.793. The number of sulfonamides is 1. The molecule has 0 radical (unpaired) electrons. The monoisotopic (exact) mass is 429 g/mol. The van der Waals surface area contributed by atoms with Crippen molar-refractivity contribution < 1.29 is 22.0 Å². The molecule has 0 bridgehead atoms. The maximum atomic E-state index is 13.7. The van der Waals surface area contributed by atoms with Gasteiger partial charge in [-0.15, -0.1) is 0 Å². The van der Waals surface area contributed by atoms with E-state index in [0.717, 1.165) is 12.1 Å². The van der Waals surface area contributed by atoms with E-state index >= 15 is 0 Å². The summed E-state index contributed by atoms with van der Waals surface area (Å²) in [5.41, 5.74) is 0.157. The highest BCUT2D eigenvalue weighted by atomic mass is 35.5. The maximum absolute atomic E-state index is 13.7. The number of hydrogen-bond acceptors (Lipinski definition) is 4. The Balaban J connectivity index is 1.56. The molecule has 0 spiro atoms. The van der Waals surface area contributed by atoms with Crippen LogP contribution in [0.4, 0.5) is 14.5 Å². The molecular weight excluding hydrogens is 412 g/mol. The molecule has 1 fully saturated rings. The maximum Gasteiger partial charge on any atom is 0.243 e. The van der Waals surface area contributed by atoms with Crippen LogP contribution in [0, 0.1) is 11.6 Å². The molecule has 0 unspecified atom stereocenters. The van der Waals surface area contributed by atoms with E-state index in [0.29, 0.717) is 0 Å². The SMILES string of the molecule is O=C(CNc1ccc(Cl)cc1F)N1CCN(S(=O)(=O)c2cccc(F)c2)CC1. The molecule has 1 saturated heterocycles. The Morgan fingerprint density at radius 1 is 1.07 bits per heavy atom. The molecule has 28 heavy (non-hydrogen) atoms. The van der Waals surface area contributed by atoms with Gasteiger partial charge in [0, 0.05) is 31.2 Å². The first-order valence-corrected chi connectivity index (χ1v) is 10.3. The summed E-state index contributed by atoms with van der Waals surface area (Å²) in [7, 11) is -3.82. The first kappa shape index (κ1) is 20.5. The molecule has 1 aliphatic heterocycles. The van der Waals surface area contributed by atoms with Crippen molar-refractivity contribution in [2.24, 2.45) is 0 Å². The Labute approximate surface area is 166 Å². The second kappa shape index (κ2) is 8.42. The zero-order valence-electron chi connectivity index (χ0n) is 14.7. The van der Waals surface area contributed by atoms with Gasteiger partial charge in [0.25, 0.3) is 0 Å². The number of benzene rings is 2. The first-order chi connectivity index (χ1) is 13.3. The van der Waals surface area contributed by atoms with Gasteiger partial charge in [0.05, 0.1) is 17.1 Å². The number of nitrogens with one attached hydrogen (secondary N) is 1. The topological polar surface area (TPSA) is 69.7 Å². The van der Waals surface area contributed by atoms with Gasteiger partial charge in [0.1, 0.15) is 11.6 Å². The van der Waals surface area contributed by atoms with Gasteiger partial charge >= 0.3 is 0 Å². The lowest BCUT2D eigenvalue weighted by Gasteiger charge is -2.34. The minimum absolute atomic E-state index is 0.0971. The van der Waals surface area contributed by atoms with Crippen molar-refractivity contribution in [2.75, 3.05) is 38.0 Å². The highest BCUT2D eigenvalue weighted by Crippen LogP contribution is 2.20. The van der Waals surface area contributed by atoms with Crippen molar-refractivity contribution >= 4 is 33.2 Å². The fourth-order valence-corrected chi connectivity index (χ4v) is 4.48. The molecule has 0 atom stereocenters. The molecule has 0 aliphatic carbocycles. The van der Waals surface area contributed by atoms with Crippen LogP contribution in [0.2, 0.25) is 5.02 Å². The zero-order valence-corrected chi connectivity index (χ0v) is 16.3. The molecule has 1 N–H and O–H groups in total. The number of piperazine rings is 1. The van der Waals surface area contributed by atoms with E-state index < -0.39 is 21.7 Å². The Hall–Kier alpha value is -2.23. The normalized spacial score (nSPS) is 15.5. The summed E-state index contributed by atoms with van der Waals surface area (Å²) in [6.45, 7) is 0.450. The Kier molecular flexibility index (Phi) is 6.17. The van der Waals surface area contributed by atoms with Gasteiger partial charge in [-0.2, -0.15) is 4.31 Å². The van der Waals surface area contributed by atoms with Crippen LogP contribution in [-0.4, -0.2) is 56.3 Å². The van der Waals surface area contributed by atoms with Crippen LogP contribution in [0.3, 0.4) is 0 Å². The van der Waals surface area contributed by atoms with E-state index in [9.17, 15) is 22.0 Å². The average molecular weight is 430 g/mol. The van der Waals surface area contributed by atoms with E-state index in [2.05, 4.69) is 5.32 Å². The Morgan fingerprint density at radius 3 is 2.43 bits per heavy atom. The van der Waals surface area contributed by atoms with Crippen LogP contribution in [0.25, 0.3) is 0 Å². The van der Waals surface area contributed by atoms with Crippen molar-refractivity contribution in [1.82, 2.24) is 9.21 Å². The highest BCUT2D eigenvalue weighted by molar-refractivity contribution is 7.89. The lowest BCUT2D eigenvalue weighted by Crippen LogP contribution is -2.51. The van der Waals surface area contributed by atoms with Crippen LogP contribution < -0.4 is 5.32 Å². The minimum atomic E-state index is -3.82. The molecule has 1 aliphatic rings. The van der Waals surface area contributed by atoms with E-state index in [1.165, 1.54) is 39.5 Å². The number of hydrogen-bond donors (Lipinski definition) is 1. The summed E-state index contributed by atoms with van der Waals surface area (Å²) in [4.78, 5) is 13.7. The molecule has 0 saturated carbocycles. The number of rotatable bonds is 5. The largest absolute Gasteiger partial charge is 0.374 e. The number of anilines is 1. The van der Waals surface area contributed by atoms with Gasteiger partial charge in [0.2, 0.25) is 15.9 Å². The number of carbonyl (C=O) groups is 1. The summed E-state index contributed by atoms with van der Waals surface area (Å²) in [5.74, 6) is -1.47. The molecule has 10 heteroatoms. The smallest absolute Gasteiger partial charge is 0.243 e. The highest BCUT2D eigenvalue weighted by Gasteiger charge is 2.30. The van der Waals surface area contributed by atoms with Crippen molar-refractivity contribution in [1.29, 1.82) is 0 Å². The summed E-state index contributed by atoms with van der Waals surface area (Å²) in [6, 6.07) is 8.90. The van der Waals surface area contributed by atoms with Gasteiger partial charge < -0.3 is 10.2 Å². The van der Waals surface area contributed by atoms with E-state index in [1.807, 2.05) is 0 Å². The van der Waals surface area contributed by atoms with Crippen LogP contribution in [0.5, 0.6) is 0 Å². The summed E-state index contributed by atoms with van der Waals surface area (Å²) in [5, 5.41) is 2.97. The minimum Gasteiger partial charge on any atom is -0.374 e. The van der Waals surface area contributed by atoms with Crippen molar-refractivity contribution in [3.63, 3.8) is 0 Å². The third-order valence-corrected chi connectivity index (χ3v) is 6.52. The van der Waals surface area contributed by atoms with Gasteiger partial charge in [-0.3, -0.25) is 4.79 Å². The van der Waals surface area contributed by atoms with Gasteiger partial charge in [-0.05, 0) is 36.4 Å². The van der Waals surface area contributed by atoms with Crippen LogP contribution in [-0.2, 0) is 14.8 Å². The summed E-state index contributed by atoms with van der Waals surface area (Å²) in [6.07, 6.45) is 0. The molecule has 1 amide bonds. The molecule has 6 nitrogen and oxygen atoms in total. The standard InChI is InChI=1S/C18H18ClF2N3O3S/c19-13-4-5-17(16(21)10-13)22-12-18(25)23-6-8-24(9-7-23)28(26,27)15-3-1-2-14(20)11-15/h1-5,10-11,22H,6-9,12H2. The van der Waals surface area contributed by atoms with E-state index in [1.54, 1.807) is 0 Å². The number of amides is 1. The van der Waals surface area contributed by atoms with E-state index in [-0.39, 0.29) is 54.2 Å². The molecule has 1 heterocycles. The second-order valence-electron chi connectivity index (χ2n) is 6.22. The molecule has 0 aromatic heterocycles. The Morgan fingerprint density at radius 2 is 1.79 bits per heavy atom. The third kappa shape index (κ3) is 4.60. The number of nitrogens with zero attached hydrogens (tertiary/aromatic N) is 2. The van der Waals surface area contributed by atoms with Gasteiger partial charge in [-0.1, -0.05) is 17.7 Å². The summed E-state index contributed by atoms with van der Waals surface area (Å²) >= 11 is 5.69. The van der Waals surface area contributed by atoms with Crippen LogP contribution in [0.1, 0.15) is 0 Å². The van der Waals surface area contributed by atoms with E-state index in [4.69, 9.17) is 11.6 Å². The molecule has 3 rings (SSSR count). The number of carbonyl (C=O) groups excluding carboxylic acids is 1. The fraction of sp³-hybridized carbons (Fsp3) is 0.278. The second-order valence-corrected chi connectivity index (χ2v) is 8.59. The predicted octanol–water partition coefficient (Wildman–Crippen LogP) is 2.56. The van der Waals surface area contributed by atoms with Gasteiger partial charge in [0.15, 0.2) is 0 Å². The lowest BCUT2D eigenvalue weighted by molar-refractivity contribution is -0.130. The number of halogens is 3. The lowest BCUT2D eigenvalue weighted by atomic mass is 10.3. The first-order valence-electron chi connectivity index (χ1n) is 8.50. The average Bonchev–Trinajstić information content (AvgIpc) is 2.67. The van der Waals surface area contributed by atoms with Crippen LogP contribution in [0.15, 0.2) is 47.4 Å². The zero-order chi connectivity index (χ0) is 20.3. The van der Waals surface area contributed by atoms with Crippen molar-refractivity contribution in [3.8, 4) is 0 Å². The summed E-state index contributed by atoms with van der Waals surface area (Å²) < 4.78 is 53.5. The molecule has 2 aromatic carbocycles. The van der Waals surface area contributed by atoms with Crippen molar-refractivity contribution in [2.45, 2.75) is 4.90 Å². The Bertz CT molecular complexity index is 980. The van der Waals surface area contributed by atoms with Crippen LogP contribution >= 0.6 is 11.6 Å². The van der Waals surface area contributed by atoms with Gasteiger partial charge in [-0.25, -0.2) is 17.2 Å². The molecular formula is C18H18ClF2N3O3S. The fourth-order valence-electron chi connectivity index (χ4n) is 2.87.